The molecule has 5 nitrogen and oxygen atoms in total. The van der Waals surface area contributed by atoms with Crippen LogP contribution in [0.1, 0.15) is 6.92 Å². The zero-order chi connectivity index (χ0) is 11.5. The van der Waals surface area contributed by atoms with Gasteiger partial charge >= 0.3 is 6.01 Å². The maximum atomic E-state index is 5.59. The molecule has 0 aliphatic heterocycles. The lowest BCUT2D eigenvalue weighted by Gasteiger charge is -2.03. The van der Waals surface area contributed by atoms with Crippen molar-refractivity contribution >= 4 is 33.2 Å². The Balaban J connectivity index is 2.45. The molecule has 0 bridgehead atoms. The van der Waals surface area contributed by atoms with Crippen LogP contribution in [0, 0.1) is 0 Å². The minimum atomic E-state index is 0.161. The van der Waals surface area contributed by atoms with Crippen LogP contribution in [0.3, 0.4) is 0 Å². The highest BCUT2D eigenvalue weighted by atomic mass is 79.9. The van der Waals surface area contributed by atoms with Crippen LogP contribution in [0.25, 0.3) is 10.7 Å². The van der Waals surface area contributed by atoms with Gasteiger partial charge < -0.3 is 10.5 Å². The predicted octanol–water partition coefficient (Wildman–Crippen LogP) is 2.34. The molecular weight excluding hydrogens is 292 g/mol. The molecule has 0 saturated carbocycles. The van der Waals surface area contributed by atoms with Gasteiger partial charge in [0, 0.05) is 4.47 Å². The van der Waals surface area contributed by atoms with Crippen molar-refractivity contribution in [2.75, 3.05) is 12.3 Å². The maximum absolute atomic E-state index is 5.59. The summed E-state index contributed by atoms with van der Waals surface area (Å²) in [7, 11) is 0. The monoisotopic (exact) mass is 300 g/mol. The van der Waals surface area contributed by atoms with Crippen molar-refractivity contribution in [2.45, 2.75) is 6.92 Å². The van der Waals surface area contributed by atoms with Gasteiger partial charge in [0.25, 0.3) is 0 Å². The molecule has 0 radical (unpaired) electrons. The lowest BCUT2D eigenvalue weighted by atomic mass is 10.4. The predicted molar refractivity (Wildman–Crippen MR) is 66.4 cm³/mol. The molecule has 0 aliphatic rings. The van der Waals surface area contributed by atoms with Gasteiger partial charge in [0.2, 0.25) is 5.95 Å². The molecule has 0 saturated heterocycles. The Bertz CT molecular complexity index is 502. The molecule has 2 aromatic rings. The Morgan fingerprint density at radius 1 is 1.44 bits per heavy atom. The molecule has 16 heavy (non-hydrogen) atoms. The molecule has 2 N–H and O–H groups in total. The second kappa shape index (κ2) is 4.75. The molecule has 0 fully saturated rings. The molecule has 0 aromatic carbocycles. The van der Waals surface area contributed by atoms with Gasteiger partial charge in [-0.2, -0.15) is 15.0 Å². The fraction of sp³-hybridized carbons (Fsp3) is 0.222. The topological polar surface area (TPSA) is 73.9 Å². The van der Waals surface area contributed by atoms with Crippen molar-refractivity contribution in [3.8, 4) is 16.7 Å². The highest BCUT2D eigenvalue weighted by Gasteiger charge is 2.11. The number of nitrogen functional groups attached to an aromatic ring is 1. The lowest BCUT2D eigenvalue weighted by molar-refractivity contribution is 0.312. The number of thiophene rings is 1. The molecule has 0 atom stereocenters. The van der Waals surface area contributed by atoms with Crippen molar-refractivity contribution in [2.24, 2.45) is 0 Å². The molecule has 0 spiro atoms. The Labute approximate surface area is 105 Å². The number of nitrogens with two attached hydrogens (primary N) is 1. The Hall–Kier alpha value is -1.21. The number of anilines is 1. The van der Waals surface area contributed by atoms with E-state index in [1.165, 1.54) is 11.3 Å². The van der Waals surface area contributed by atoms with E-state index in [0.717, 1.165) is 9.35 Å². The standard InChI is InChI=1S/C9H9BrN4OS/c1-2-15-9-13-7(12-8(11)14-9)6-5(10)3-4-16-6/h3-4H,2H2,1H3,(H2,11,12,13,14). The summed E-state index contributed by atoms with van der Waals surface area (Å²) in [6.07, 6.45) is 0. The zero-order valence-corrected chi connectivity index (χ0v) is 10.9. The smallest absolute Gasteiger partial charge is 0.321 e. The van der Waals surface area contributed by atoms with E-state index in [9.17, 15) is 0 Å². The molecule has 2 rings (SSSR count). The number of halogens is 1. The van der Waals surface area contributed by atoms with E-state index in [0.29, 0.717) is 12.4 Å². The maximum Gasteiger partial charge on any atom is 0.321 e. The van der Waals surface area contributed by atoms with Crippen LogP contribution in [-0.4, -0.2) is 21.6 Å². The minimum Gasteiger partial charge on any atom is -0.464 e. The second-order valence-corrected chi connectivity index (χ2v) is 4.60. The van der Waals surface area contributed by atoms with Gasteiger partial charge in [-0.1, -0.05) is 0 Å². The minimum absolute atomic E-state index is 0.161. The van der Waals surface area contributed by atoms with Crippen LogP contribution in [0.5, 0.6) is 6.01 Å². The van der Waals surface area contributed by atoms with Gasteiger partial charge in [0.1, 0.15) is 0 Å². The fourth-order valence-corrected chi connectivity index (χ4v) is 2.60. The summed E-state index contributed by atoms with van der Waals surface area (Å²) in [4.78, 5) is 13.1. The second-order valence-electron chi connectivity index (χ2n) is 2.83. The van der Waals surface area contributed by atoms with Gasteiger partial charge in [-0.15, -0.1) is 11.3 Å². The van der Waals surface area contributed by atoms with E-state index in [4.69, 9.17) is 10.5 Å². The fourth-order valence-electron chi connectivity index (χ4n) is 1.12. The molecule has 0 unspecified atom stereocenters. The third-order valence-corrected chi connectivity index (χ3v) is 3.56. The van der Waals surface area contributed by atoms with Gasteiger partial charge in [-0.3, -0.25) is 0 Å². The van der Waals surface area contributed by atoms with E-state index in [1.54, 1.807) is 0 Å². The summed E-state index contributed by atoms with van der Waals surface area (Å²) >= 11 is 4.95. The Kier molecular flexibility index (Phi) is 3.35. The third-order valence-electron chi connectivity index (χ3n) is 1.73. The van der Waals surface area contributed by atoms with Crippen LogP contribution >= 0.6 is 27.3 Å². The largest absolute Gasteiger partial charge is 0.464 e. The quantitative estimate of drug-likeness (QED) is 0.942. The van der Waals surface area contributed by atoms with Crippen LogP contribution in [0.2, 0.25) is 0 Å². The van der Waals surface area contributed by atoms with Crippen LogP contribution in [0.4, 0.5) is 5.95 Å². The average Bonchev–Trinajstić information content (AvgIpc) is 2.64. The molecule has 2 heterocycles. The number of hydrogen-bond donors (Lipinski definition) is 1. The van der Waals surface area contributed by atoms with Crippen molar-refractivity contribution in [1.82, 2.24) is 15.0 Å². The number of rotatable bonds is 3. The summed E-state index contributed by atoms with van der Waals surface area (Å²) in [6, 6.07) is 2.19. The van der Waals surface area contributed by atoms with E-state index in [2.05, 4.69) is 30.9 Å². The van der Waals surface area contributed by atoms with E-state index in [-0.39, 0.29) is 12.0 Å². The SMILES string of the molecule is CCOc1nc(N)nc(-c2sccc2Br)n1. The van der Waals surface area contributed by atoms with E-state index < -0.39 is 0 Å². The summed E-state index contributed by atoms with van der Waals surface area (Å²) in [6.45, 7) is 2.36. The van der Waals surface area contributed by atoms with Crippen molar-refractivity contribution in [3.63, 3.8) is 0 Å². The van der Waals surface area contributed by atoms with Crippen molar-refractivity contribution in [3.05, 3.63) is 15.9 Å². The molecule has 7 heteroatoms. The normalized spacial score (nSPS) is 10.4. The molecule has 2 aromatic heterocycles. The summed E-state index contributed by atoms with van der Waals surface area (Å²) in [5, 5.41) is 1.94. The Morgan fingerprint density at radius 2 is 2.25 bits per heavy atom. The number of nitrogens with zero attached hydrogens (tertiary/aromatic N) is 3. The number of ether oxygens (including phenoxy) is 1. The van der Waals surface area contributed by atoms with Gasteiger partial charge in [0.05, 0.1) is 11.5 Å². The van der Waals surface area contributed by atoms with Crippen LogP contribution in [0.15, 0.2) is 15.9 Å². The van der Waals surface area contributed by atoms with E-state index >= 15 is 0 Å². The first kappa shape index (κ1) is 11.3. The van der Waals surface area contributed by atoms with Gasteiger partial charge in [-0.25, -0.2) is 0 Å². The highest BCUT2D eigenvalue weighted by Crippen LogP contribution is 2.31. The molecular formula is C9H9BrN4OS. The van der Waals surface area contributed by atoms with Crippen LogP contribution < -0.4 is 10.5 Å². The first-order valence-electron chi connectivity index (χ1n) is 4.58. The van der Waals surface area contributed by atoms with Crippen LogP contribution in [-0.2, 0) is 0 Å². The Morgan fingerprint density at radius 3 is 2.88 bits per heavy atom. The first-order chi connectivity index (χ1) is 7.70. The van der Waals surface area contributed by atoms with Crippen molar-refractivity contribution in [1.29, 1.82) is 0 Å². The first-order valence-corrected chi connectivity index (χ1v) is 6.25. The van der Waals surface area contributed by atoms with Crippen molar-refractivity contribution < 1.29 is 4.74 Å². The number of hydrogen-bond acceptors (Lipinski definition) is 6. The number of aromatic nitrogens is 3. The molecule has 84 valence electrons. The van der Waals surface area contributed by atoms with E-state index in [1.807, 2.05) is 18.4 Å². The average molecular weight is 301 g/mol. The van der Waals surface area contributed by atoms with Gasteiger partial charge in [-0.05, 0) is 34.3 Å². The third kappa shape index (κ3) is 2.30. The summed E-state index contributed by atoms with van der Waals surface area (Å²) in [5.74, 6) is 0.687. The van der Waals surface area contributed by atoms with Gasteiger partial charge in [0.15, 0.2) is 5.82 Å². The molecule has 0 amide bonds. The summed E-state index contributed by atoms with van der Waals surface area (Å²) in [5.41, 5.74) is 5.59. The lowest BCUT2D eigenvalue weighted by Crippen LogP contribution is -2.04. The highest BCUT2D eigenvalue weighted by molar-refractivity contribution is 9.10. The molecule has 0 aliphatic carbocycles. The zero-order valence-electron chi connectivity index (χ0n) is 8.48. The summed E-state index contributed by atoms with van der Waals surface area (Å²) < 4.78 is 6.15.